The van der Waals surface area contributed by atoms with Crippen LogP contribution >= 0.6 is 0 Å². The van der Waals surface area contributed by atoms with Gasteiger partial charge in [-0.2, -0.15) is 0 Å². The Bertz CT molecular complexity index is 3940. The van der Waals surface area contributed by atoms with Gasteiger partial charge in [0, 0.05) is 60.2 Å². The van der Waals surface area contributed by atoms with Crippen molar-refractivity contribution in [3.05, 3.63) is 224 Å². The molecule has 0 saturated heterocycles. The molecule has 0 atom stereocenters. The van der Waals surface area contributed by atoms with Crippen molar-refractivity contribution in [2.75, 3.05) is 0 Å². The summed E-state index contributed by atoms with van der Waals surface area (Å²) in [6.07, 6.45) is 0. The number of furan rings is 1. The van der Waals surface area contributed by atoms with Crippen LogP contribution in [0.5, 0.6) is 0 Å². The number of aromatic nitrogens is 3. The van der Waals surface area contributed by atoms with Gasteiger partial charge in [-0.05, 0) is 95.1 Å². The third-order valence-electron chi connectivity index (χ3n) is 13.4. The Balaban J connectivity index is 0.906. The highest BCUT2D eigenvalue weighted by atomic mass is 16.3. The Morgan fingerprint density at radius 1 is 0.250 bits per heavy atom. The molecule has 0 unspecified atom stereocenters. The lowest BCUT2D eigenvalue weighted by molar-refractivity contribution is 0.671. The van der Waals surface area contributed by atoms with Crippen LogP contribution in [0.4, 0.5) is 0 Å². The highest BCUT2D eigenvalue weighted by Gasteiger charge is 2.20. The Kier molecular flexibility index (Phi) is 7.36. The van der Waals surface area contributed by atoms with E-state index < -0.39 is 0 Å². The van der Waals surface area contributed by atoms with E-state index in [1.54, 1.807) is 0 Å². The van der Waals surface area contributed by atoms with Gasteiger partial charge < -0.3 is 18.1 Å². The Morgan fingerprint density at radius 3 is 1.12 bits per heavy atom. The van der Waals surface area contributed by atoms with E-state index in [0.717, 1.165) is 66.7 Å². The minimum absolute atomic E-state index is 0.905. The first-order valence-electron chi connectivity index (χ1n) is 21.9. The quantitative estimate of drug-likeness (QED) is 0.170. The van der Waals surface area contributed by atoms with E-state index in [0.29, 0.717) is 0 Å². The SMILES string of the molecule is c1ccc2c(c1)oc1c2ccc2c3ccccc3n(-c3ccc(-c4ccc(-c5cc(-n6c7ccccc7c7ccccc76)cc(-n6c7ccccc7c7ccccc76)c5)cc4)cc3)c21. The molecular formula is C60H37N3O. The van der Waals surface area contributed by atoms with E-state index in [-0.39, 0.29) is 0 Å². The molecule has 0 amide bonds. The largest absolute Gasteiger partial charge is 0.454 e. The zero-order valence-electron chi connectivity index (χ0n) is 34.6. The second-order valence-electron chi connectivity index (χ2n) is 16.9. The number of hydrogen-bond donors (Lipinski definition) is 0. The van der Waals surface area contributed by atoms with Gasteiger partial charge in [0.1, 0.15) is 5.58 Å². The number of benzene rings is 10. The summed E-state index contributed by atoms with van der Waals surface area (Å²) >= 11 is 0. The maximum atomic E-state index is 6.61. The Morgan fingerprint density at radius 2 is 0.625 bits per heavy atom. The first-order valence-corrected chi connectivity index (χ1v) is 21.9. The zero-order chi connectivity index (χ0) is 41.9. The molecule has 0 aliphatic rings. The lowest BCUT2D eigenvalue weighted by Crippen LogP contribution is -2.00. The number of rotatable bonds is 5. The van der Waals surface area contributed by atoms with Gasteiger partial charge in [0.05, 0.1) is 33.1 Å². The van der Waals surface area contributed by atoms with Gasteiger partial charge in [-0.15, -0.1) is 0 Å². The van der Waals surface area contributed by atoms with Crippen LogP contribution in [0, 0.1) is 0 Å². The van der Waals surface area contributed by atoms with Crippen LogP contribution in [0.2, 0.25) is 0 Å². The summed E-state index contributed by atoms with van der Waals surface area (Å²) in [6.45, 7) is 0. The van der Waals surface area contributed by atoms with Crippen molar-refractivity contribution in [3.63, 3.8) is 0 Å². The minimum atomic E-state index is 0.905. The summed E-state index contributed by atoms with van der Waals surface area (Å²) < 4.78 is 13.8. The van der Waals surface area contributed by atoms with Crippen molar-refractivity contribution < 1.29 is 4.42 Å². The third-order valence-corrected chi connectivity index (χ3v) is 13.4. The van der Waals surface area contributed by atoms with Crippen LogP contribution in [0.25, 0.3) is 127 Å². The minimum Gasteiger partial charge on any atom is -0.454 e. The molecular weight excluding hydrogens is 779 g/mol. The first-order chi connectivity index (χ1) is 31.7. The molecule has 0 radical (unpaired) electrons. The fraction of sp³-hybridized carbons (Fsp3) is 0. The number of nitrogens with zero attached hydrogens (tertiary/aromatic N) is 3. The topological polar surface area (TPSA) is 27.9 Å². The zero-order valence-corrected chi connectivity index (χ0v) is 34.6. The standard InChI is InChI=1S/C60H37N3O/c1-7-19-53-45(13-1)46-14-2-8-20-54(46)61(53)43-35-41(36-44(37-43)62-55-21-9-3-15-47(55)48-16-4-10-22-56(48)62)40-27-25-38(26-28-40)39-29-31-42(32-30-39)63-57-23-11-5-17-49(57)51-33-34-52-50-18-6-12-24-58(50)64-60(52)59(51)63/h1-37H. The second-order valence-corrected chi connectivity index (χ2v) is 16.9. The summed E-state index contributed by atoms with van der Waals surface area (Å²) in [6, 6.07) is 81.5. The summed E-state index contributed by atoms with van der Waals surface area (Å²) in [7, 11) is 0. The fourth-order valence-electron chi connectivity index (χ4n) is 10.6. The molecule has 4 nitrogen and oxygen atoms in total. The molecule has 14 aromatic rings. The third kappa shape index (κ3) is 5.05. The van der Waals surface area contributed by atoms with Crippen molar-refractivity contribution in [2.24, 2.45) is 0 Å². The van der Waals surface area contributed by atoms with Crippen molar-refractivity contribution in [2.45, 2.75) is 0 Å². The van der Waals surface area contributed by atoms with E-state index in [1.165, 1.54) is 59.9 Å². The van der Waals surface area contributed by atoms with Crippen LogP contribution in [0.15, 0.2) is 229 Å². The number of para-hydroxylation sites is 6. The first kappa shape index (κ1) is 35.0. The summed E-state index contributed by atoms with van der Waals surface area (Å²) in [5.41, 5.74) is 16.8. The maximum absolute atomic E-state index is 6.61. The van der Waals surface area contributed by atoms with Gasteiger partial charge in [0.25, 0.3) is 0 Å². The highest BCUT2D eigenvalue weighted by molar-refractivity contribution is 6.21. The van der Waals surface area contributed by atoms with Crippen LogP contribution in [-0.2, 0) is 0 Å². The van der Waals surface area contributed by atoms with Crippen molar-refractivity contribution >= 4 is 87.4 Å². The second kappa shape index (κ2) is 13.4. The molecule has 14 rings (SSSR count). The predicted octanol–water partition coefficient (Wildman–Crippen LogP) is 16.2. The number of fused-ring (bicyclic) bond motifs is 13. The van der Waals surface area contributed by atoms with Crippen LogP contribution in [0.3, 0.4) is 0 Å². The molecule has 0 aliphatic heterocycles. The summed E-state index contributed by atoms with van der Waals surface area (Å²) in [5, 5.41) is 9.66. The van der Waals surface area contributed by atoms with E-state index in [2.05, 4.69) is 232 Å². The highest BCUT2D eigenvalue weighted by Crippen LogP contribution is 2.42. The Hall–Kier alpha value is -8.60. The van der Waals surface area contributed by atoms with E-state index >= 15 is 0 Å². The average Bonchev–Trinajstić information content (AvgIpc) is 4.11. The van der Waals surface area contributed by atoms with Crippen molar-refractivity contribution in [1.82, 2.24) is 13.7 Å². The molecule has 4 aromatic heterocycles. The molecule has 10 aromatic carbocycles. The van der Waals surface area contributed by atoms with Crippen LogP contribution in [0.1, 0.15) is 0 Å². The van der Waals surface area contributed by atoms with Crippen molar-refractivity contribution in [3.8, 4) is 39.3 Å². The van der Waals surface area contributed by atoms with E-state index in [9.17, 15) is 0 Å². The molecule has 0 spiro atoms. The van der Waals surface area contributed by atoms with Gasteiger partial charge in [0.2, 0.25) is 0 Å². The lowest BCUT2D eigenvalue weighted by atomic mass is 9.99. The molecule has 4 heterocycles. The smallest absolute Gasteiger partial charge is 0.160 e. The van der Waals surface area contributed by atoms with Gasteiger partial charge in [-0.3, -0.25) is 0 Å². The average molecular weight is 816 g/mol. The molecule has 0 bridgehead atoms. The Labute approximate surface area is 367 Å². The van der Waals surface area contributed by atoms with Crippen molar-refractivity contribution in [1.29, 1.82) is 0 Å². The van der Waals surface area contributed by atoms with Gasteiger partial charge in [-0.25, -0.2) is 0 Å². The molecule has 0 N–H and O–H groups in total. The molecule has 0 aliphatic carbocycles. The van der Waals surface area contributed by atoms with E-state index in [1.807, 2.05) is 6.07 Å². The van der Waals surface area contributed by atoms with Gasteiger partial charge in [0.15, 0.2) is 5.58 Å². The van der Waals surface area contributed by atoms with Gasteiger partial charge in [-0.1, -0.05) is 152 Å². The van der Waals surface area contributed by atoms with Gasteiger partial charge >= 0.3 is 0 Å². The number of hydrogen-bond acceptors (Lipinski definition) is 1. The summed E-state index contributed by atoms with van der Waals surface area (Å²) in [5.74, 6) is 0. The molecule has 298 valence electrons. The van der Waals surface area contributed by atoms with E-state index in [4.69, 9.17) is 4.42 Å². The molecule has 0 saturated carbocycles. The van der Waals surface area contributed by atoms with Crippen LogP contribution in [-0.4, -0.2) is 13.7 Å². The molecule has 0 fully saturated rings. The maximum Gasteiger partial charge on any atom is 0.160 e. The molecule has 64 heavy (non-hydrogen) atoms. The predicted molar refractivity (Wildman–Crippen MR) is 268 cm³/mol. The normalized spacial score (nSPS) is 12.1. The molecule has 4 heteroatoms. The van der Waals surface area contributed by atoms with Crippen LogP contribution < -0.4 is 0 Å². The monoisotopic (exact) mass is 815 g/mol. The summed E-state index contributed by atoms with van der Waals surface area (Å²) in [4.78, 5) is 0. The lowest BCUT2D eigenvalue weighted by Gasteiger charge is -2.16. The fourth-order valence-corrected chi connectivity index (χ4v) is 10.6.